The highest BCUT2D eigenvalue weighted by Gasteiger charge is 1.90. The van der Waals surface area contributed by atoms with Crippen LogP contribution in [0, 0.1) is 6.92 Å². The maximum Gasteiger partial charge on any atom is 0.129 e. The van der Waals surface area contributed by atoms with Gasteiger partial charge in [0, 0.05) is 11.0 Å². The number of pyridine rings is 2. The number of aromatic nitrogens is 2. The summed E-state index contributed by atoms with van der Waals surface area (Å²) >= 11 is 14.4. The second kappa shape index (κ2) is 7.64. The molecule has 5 heteroatoms. The molecule has 0 saturated carbocycles. The molecule has 0 bridgehead atoms. The predicted molar refractivity (Wildman–Crippen MR) is 75.9 cm³/mol. The second-order valence-electron chi connectivity index (χ2n) is 3.19. The van der Waals surface area contributed by atoms with Gasteiger partial charge in [-0.2, -0.15) is 0 Å². The minimum atomic E-state index is 0.548. The number of alkyl halides is 1. The first-order chi connectivity index (χ1) is 8.11. The first kappa shape index (κ1) is 14.4. The van der Waals surface area contributed by atoms with Gasteiger partial charge < -0.3 is 0 Å². The van der Waals surface area contributed by atoms with E-state index >= 15 is 0 Å². The molecular formula is C12H11BrCl2N2. The number of halogens is 3. The van der Waals surface area contributed by atoms with Crippen LogP contribution in [-0.4, -0.2) is 9.97 Å². The van der Waals surface area contributed by atoms with Crippen molar-refractivity contribution in [1.29, 1.82) is 0 Å². The fourth-order valence-electron chi connectivity index (χ4n) is 1.03. The third kappa shape index (κ3) is 6.01. The minimum absolute atomic E-state index is 0.548. The number of hydrogen-bond acceptors (Lipinski definition) is 2. The van der Waals surface area contributed by atoms with Crippen molar-refractivity contribution in [3.63, 3.8) is 0 Å². The highest BCUT2D eigenvalue weighted by Crippen LogP contribution is 2.07. The Morgan fingerprint density at radius 3 is 1.94 bits per heavy atom. The van der Waals surface area contributed by atoms with Crippen LogP contribution in [0.3, 0.4) is 0 Å². The van der Waals surface area contributed by atoms with Gasteiger partial charge in [0.15, 0.2) is 0 Å². The van der Waals surface area contributed by atoms with Gasteiger partial charge in [-0.25, -0.2) is 9.97 Å². The maximum absolute atomic E-state index is 5.59. The summed E-state index contributed by atoms with van der Waals surface area (Å²) in [4.78, 5) is 7.95. The van der Waals surface area contributed by atoms with Gasteiger partial charge in [-0.1, -0.05) is 51.3 Å². The van der Waals surface area contributed by atoms with E-state index in [2.05, 4.69) is 25.9 Å². The Morgan fingerprint density at radius 2 is 1.59 bits per heavy atom. The first-order valence-corrected chi connectivity index (χ1v) is 6.76. The van der Waals surface area contributed by atoms with Crippen molar-refractivity contribution in [1.82, 2.24) is 9.97 Å². The topological polar surface area (TPSA) is 25.8 Å². The summed E-state index contributed by atoms with van der Waals surface area (Å²) in [5.41, 5.74) is 1.92. The quantitative estimate of drug-likeness (QED) is 0.559. The number of rotatable bonds is 1. The second-order valence-corrected chi connectivity index (χ2v) is 4.52. The lowest BCUT2D eigenvalue weighted by Gasteiger charge is -1.91. The number of aryl methyl sites for hydroxylation is 1. The van der Waals surface area contributed by atoms with Crippen molar-refractivity contribution >= 4 is 39.1 Å². The van der Waals surface area contributed by atoms with Gasteiger partial charge in [-0.15, -0.1) is 0 Å². The zero-order valence-corrected chi connectivity index (χ0v) is 12.3. The van der Waals surface area contributed by atoms with E-state index < -0.39 is 0 Å². The van der Waals surface area contributed by atoms with Crippen molar-refractivity contribution in [2.45, 2.75) is 12.3 Å². The molecule has 0 amide bonds. The van der Waals surface area contributed by atoms with Crippen molar-refractivity contribution < 1.29 is 0 Å². The number of hydrogen-bond donors (Lipinski definition) is 0. The Labute approximate surface area is 119 Å². The minimum Gasteiger partial charge on any atom is -0.241 e. The molecule has 0 aromatic carbocycles. The SMILES string of the molecule is Cc1cccc(Cl)n1.Clc1cccc(CBr)n1. The fraction of sp³-hybridized carbons (Fsp3) is 0.167. The highest BCUT2D eigenvalue weighted by molar-refractivity contribution is 9.08. The molecule has 2 rings (SSSR count). The molecule has 17 heavy (non-hydrogen) atoms. The van der Waals surface area contributed by atoms with Gasteiger partial charge in [0.2, 0.25) is 0 Å². The van der Waals surface area contributed by atoms with Crippen LogP contribution in [-0.2, 0) is 5.33 Å². The average molecular weight is 334 g/mol. The van der Waals surface area contributed by atoms with E-state index in [0.717, 1.165) is 16.7 Å². The first-order valence-electron chi connectivity index (χ1n) is 4.88. The average Bonchev–Trinajstić information content (AvgIpc) is 2.29. The molecule has 2 aromatic heterocycles. The van der Waals surface area contributed by atoms with Gasteiger partial charge in [0.1, 0.15) is 10.3 Å². The Morgan fingerprint density at radius 1 is 1.00 bits per heavy atom. The molecule has 0 saturated heterocycles. The zero-order chi connectivity index (χ0) is 12.7. The molecule has 0 atom stereocenters. The summed E-state index contributed by atoms with van der Waals surface area (Å²) in [6.07, 6.45) is 0. The Kier molecular flexibility index (Phi) is 6.48. The van der Waals surface area contributed by atoms with Gasteiger partial charge in [0.25, 0.3) is 0 Å². The molecule has 0 aliphatic heterocycles. The van der Waals surface area contributed by atoms with E-state index in [-0.39, 0.29) is 0 Å². The molecule has 0 radical (unpaired) electrons. The smallest absolute Gasteiger partial charge is 0.129 e. The van der Waals surface area contributed by atoms with Crippen LogP contribution in [0.2, 0.25) is 10.3 Å². The van der Waals surface area contributed by atoms with Gasteiger partial charge in [-0.3, -0.25) is 0 Å². The largest absolute Gasteiger partial charge is 0.241 e. The van der Waals surface area contributed by atoms with Crippen LogP contribution >= 0.6 is 39.1 Å². The van der Waals surface area contributed by atoms with Gasteiger partial charge in [0.05, 0.1) is 5.69 Å². The van der Waals surface area contributed by atoms with Crippen LogP contribution in [0.5, 0.6) is 0 Å². The standard InChI is InChI=1S/C6H5BrClN.C6H6ClN/c7-4-5-2-1-3-6(8)9-5;1-5-3-2-4-6(7)8-5/h1-3H,4H2;2-4H,1H3. The molecule has 0 unspecified atom stereocenters. The van der Waals surface area contributed by atoms with Gasteiger partial charge >= 0.3 is 0 Å². The number of nitrogens with zero attached hydrogens (tertiary/aromatic N) is 2. The molecule has 2 aromatic rings. The van der Waals surface area contributed by atoms with E-state index in [1.165, 1.54) is 0 Å². The van der Waals surface area contributed by atoms with Crippen LogP contribution < -0.4 is 0 Å². The molecule has 0 spiro atoms. The van der Waals surface area contributed by atoms with E-state index in [4.69, 9.17) is 23.2 Å². The monoisotopic (exact) mass is 332 g/mol. The third-order valence-corrected chi connectivity index (χ3v) is 2.76. The lowest BCUT2D eigenvalue weighted by atomic mass is 10.4. The van der Waals surface area contributed by atoms with Crippen LogP contribution in [0.1, 0.15) is 11.4 Å². The predicted octanol–water partition coefficient (Wildman–Crippen LogP) is 4.67. The lowest BCUT2D eigenvalue weighted by molar-refractivity contribution is 1.19. The summed E-state index contributed by atoms with van der Waals surface area (Å²) in [7, 11) is 0. The molecule has 2 heterocycles. The van der Waals surface area contributed by atoms with Crippen molar-refractivity contribution in [3.05, 3.63) is 58.1 Å². The van der Waals surface area contributed by atoms with Crippen molar-refractivity contribution in [3.8, 4) is 0 Å². The summed E-state index contributed by atoms with van der Waals surface area (Å²) in [5.74, 6) is 0. The van der Waals surface area contributed by atoms with E-state index in [1.807, 2.05) is 31.2 Å². The van der Waals surface area contributed by atoms with Crippen molar-refractivity contribution in [2.24, 2.45) is 0 Å². The lowest BCUT2D eigenvalue weighted by Crippen LogP contribution is -1.82. The molecule has 0 N–H and O–H groups in total. The van der Waals surface area contributed by atoms with Gasteiger partial charge in [-0.05, 0) is 31.2 Å². The van der Waals surface area contributed by atoms with Crippen LogP contribution in [0.4, 0.5) is 0 Å². The Hall–Kier alpha value is -0.640. The fourth-order valence-corrected chi connectivity index (χ4v) is 1.73. The molecule has 0 aliphatic carbocycles. The summed E-state index contributed by atoms with van der Waals surface area (Å²) in [5, 5.41) is 1.87. The normalized spacial score (nSPS) is 9.41. The summed E-state index contributed by atoms with van der Waals surface area (Å²) in [6.45, 7) is 1.91. The van der Waals surface area contributed by atoms with Crippen LogP contribution in [0.25, 0.3) is 0 Å². The maximum atomic E-state index is 5.59. The molecule has 0 fully saturated rings. The Bertz CT molecular complexity index is 460. The molecular weight excluding hydrogens is 323 g/mol. The van der Waals surface area contributed by atoms with E-state index in [1.54, 1.807) is 12.1 Å². The summed E-state index contributed by atoms with van der Waals surface area (Å²) in [6, 6.07) is 11.1. The summed E-state index contributed by atoms with van der Waals surface area (Å²) < 4.78 is 0. The highest BCUT2D eigenvalue weighted by atomic mass is 79.9. The zero-order valence-electron chi connectivity index (χ0n) is 9.20. The molecule has 90 valence electrons. The molecule has 0 aliphatic rings. The Balaban J connectivity index is 0.000000171. The van der Waals surface area contributed by atoms with Crippen LogP contribution in [0.15, 0.2) is 36.4 Å². The van der Waals surface area contributed by atoms with Crippen molar-refractivity contribution in [2.75, 3.05) is 0 Å². The van der Waals surface area contributed by atoms with E-state index in [0.29, 0.717) is 10.3 Å². The third-order valence-electron chi connectivity index (χ3n) is 1.76. The molecule has 2 nitrogen and oxygen atoms in total. The van der Waals surface area contributed by atoms with E-state index in [9.17, 15) is 0 Å².